The molecule has 2 bridgehead atoms. The van der Waals surface area contributed by atoms with E-state index >= 15 is 0 Å². The summed E-state index contributed by atoms with van der Waals surface area (Å²) in [5.41, 5.74) is 0.804. The van der Waals surface area contributed by atoms with Crippen LogP contribution in [-0.4, -0.2) is 53.3 Å². The van der Waals surface area contributed by atoms with Crippen LogP contribution >= 0.6 is 0 Å². The fourth-order valence-electron chi connectivity index (χ4n) is 4.41. The van der Waals surface area contributed by atoms with Crippen LogP contribution in [0.5, 0.6) is 5.75 Å². The van der Waals surface area contributed by atoms with Crippen molar-refractivity contribution in [3.63, 3.8) is 0 Å². The molecule has 0 radical (unpaired) electrons. The predicted octanol–water partition coefficient (Wildman–Crippen LogP) is 1.45. The number of benzene rings is 1. The van der Waals surface area contributed by atoms with E-state index in [1.807, 2.05) is 17.0 Å². The van der Waals surface area contributed by atoms with Gasteiger partial charge in [-0.15, -0.1) is 0 Å². The van der Waals surface area contributed by atoms with E-state index < -0.39 is 0 Å². The maximum atomic E-state index is 12.6. The molecule has 23 heavy (non-hydrogen) atoms. The minimum absolute atomic E-state index is 0.139. The Balaban J connectivity index is 1.42. The van der Waals surface area contributed by atoms with Gasteiger partial charge in [-0.2, -0.15) is 0 Å². The molecule has 0 aromatic heterocycles. The highest BCUT2D eigenvalue weighted by Gasteiger charge is 2.47. The van der Waals surface area contributed by atoms with Crippen LogP contribution in [0.3, 0.4) is 0 Å². The number of phenolic OH excluding ortho intramolecular Hbond substituents is 1. The normalized spacial score (nSPS) is 33.1. The molecule has 4 rings (SSSR count). The van der Waals surface area contributed by atoms with Gasteiger partial charge in [-0.05, 0) is 43.4 Å². The molecule has 3 aliphatic rings. The number of hydrogen-bond donors (Lipinski definition) is 2. The van der Waals surface area contributed by atoms with Gasteiger partial charge in [0.05, 0.1) is 18.6 Å². The molecule has 1 spiro atoms. The largest absolute Gasteiger partial charge is 0.508 e. The Morgan fingerprint density at radius 3 is 2.65 bits per heavy atom. The first-order valence-corrected chi connectivity index (χ1v) is 8.58. The molecule has 3 saturated heterocycles. The average molecular weight is 316 g/mol. The van der Waals surface area contributed by atoms with Gasteiger partial charge in [-0.1, -0.05) is 12.1 Å². The summed E-state index contributed by atoms with van der Waals surface area (Å²) in [5.74, 6) is 0.390. The summed E-state index contributed by atoms with van der Waals surface area (Å²) in [6, 6.07) is 8.01. The third kappa shape index (κ3) is 3.08. The van der Waals surface area contributed by atoms with Crippen molar-refractivity contribution in [1.29, 1.82) is 0 Å². The molecule has 3 fully saturated rings. The van der Waals surface area contributed by atoms with Crippen molar-refractivity contribution >= 4 is 5.91 Å². The van der Waals surface area contributed by atoms with Crippen LogP contribution in [0.15, 0.2) is 24.3 Å². The van der Waals surface area contributed by atoms with Gasteiger partial charge in [0.2, 0.25) is 5.91 Å². The molecule has 5 nitrogen and oxygen atoms in total. The summed E-state index contributed by atoms with van der Waals surface area (Å²) in [7, 11) is 0. The van der Waals surface area contributed by atoms with Crippen LogP contribution in [0, 0.1) is 0 Å². The Morgan fingerprint density at radius 2 is 1.96 bits per heavy atom. The lowest BCUT2D eigenvalue weighted by molar-refractivity contribution is -0.157. The molecule has 1 aromatic rings. The number of carbonyl (C=O) groups is 1. The van der Waals surface area contributed by atoms with Crippen molar-refractivity contribution in [1.82, 2.24) is 10.2 Å². The number of rotatable bonds is 2. The van der Waals surface area contributed by atoms with Crippen molar-refractivity contribution < 1.29 is 14.6 Å². The minimum atomic E-state index is -0.139. The summed E-state index contributed by atoms with van der Waals surface area (Å²) in [4.78, 5) is 14.6. The van der Waals surface area contributed by atoms with E-state index in [2.05, 4.69) is 5.32 Å². The quantitative estimate of drug-likeness (QED) is 0.867. The second kappa shape index (κ2) is 5.80. The number of morpholine rings is 1. The monoisotopic (exact) mass is 316 g/mol. The molecule has 5 heteroatoms. The van der Waals surface area contributed by atoms with Gasteiger partial charge in [0, 0.05) is 25.2 Å². The molecule has 2 N–H and O–H groups in total. The van der Waals surface area contributed by atoms with E-state index in [4.69, 9.17) is 4.74 Å². The van der Waals surface area contributed by atoms with Crippen molar-refractivity contribution in [2.75, 3.05) is 19.7 Å². The smallest absolute Gasteiger partial charge is 0.227 e. The van der Waals surface area contributed by atoms with Gasteiger partial charge in [0.15, 0.2) is 0 Å². The van der Waals surface area contributed by atoms with E-state index in [-0.39, 0.29) is 17.3 Å². The minimum Gasteiger partial charge on any atom is -0.508 e. The van der Waals surface area contributed by atoms with Gasteiger partial charge < -0.3 is 20.1 Å². The highest BCUT2D eigenvalue weighted by molar-refractivity contribution is 5.79. The van der Waals surface area contributed by atoms with Crippen molar-refractivity contribution in [2.45, 2.75) is 49.8 Å². The predicted molar refractivity (Wildman–Crippen MR) is 86.3 cm³/mol. The van der Waals surface area contributed by atoms with Gasteiger partial charge >= 0.3 is 0 Å². The zero-order valence-corrected chi connectivity index (χ0v) is 13.3. The van der Waals surface area contributed by atoms with Gasteiger partial charge in [0.25, 0.3) is 0 Å². The second-order valence-electron chi connectivity index (χ2n) is 7.24. The maximum Gasteiger partial charge on any atom is 0.227 e. The SMILES string of the molecule is O=C(Cc1ccc(O)cc1)N1CCOC2(C[C@H]3CC[C@@H](C2)N3)C1. The number of piperidine rings is 1. The third-order valence-electron chi connectivity index (χ3n) is 5.46. The Hall–Kier alpha value is -1.59. The zero-order valence-electron chi connectivity index (χ0n) is 13.3. The molecule has 124 valence electrons. The molecule has 1 aromatic carbocycles. The average Bonchev–Trinajstić information content (AvgIpc) is 2.89. The number of aromatic hydroxyl groups is 1. The third-order valence-corrected chi connectivity index (χ3v) is 5.46. The molecule has 1 amide bonds. The lowest BCUT2D eigenvalue weighted by atomic mass is 9.85. The van der Waals surface area contributed by atoms with E-state index in [0.29, 0.717) is 31.7 Å². The van der Waals surface area contributed by atoms with Gasteiger partial charge in [0.1, 0.15) is 5.75 Å². The summed E-state index contributed by atoms with van der Waals surface area (Å²) < 4.78 is 6.17. The molecule has 3 heterocycles. The Morgan fingerprint density at radius 1 is 1.26 bits per heavy atom. The maximum absolute atomic E-state index is 12.6. The number of nitrogens with one attached hydrogen (secondary N) is 1. The number of hydrogen-bond acceptors (Lipinski definition) is 4. The number of fused-ring (bicyclic) bond motifs is 2. The molecule has 0 aliphatic carbocycles. The first kappa shape index (κ1) is 15.0. The molecular weight excluding hydrogens is 292 g/mol. The van der Waals surface area contributed by atoms with Crippen LogP contribution in [0.2, 0.25) is 0 Å². The number of ether oxygens (including phenoxy) is 1. The lowest BCUT2D eigenvalue weighted by Gasteiger charge is -2.47. The number of carbonyl (C=O) groups excluding carboxylic acids is 1. The van der Waals surface area contributed by atoms with Crippen LogP contribution in [0.1, 0.15) is 31.2 Å². The van der Waals surface area contributed by atoms with Crippen molar-refractivity contribution in [2.24, 2.45) is 0 Å². The Kier molecular flexibility index (Phi) is 3.77. The molecule has 3 aliphatic heterocycles. The van der Waals surface area contributed by atoms with Gasteiger partial charge in [-0.25, -0.2) is 0 Å². The van der Waals surface area contributed by atoms with Crippen LogP contribution in [0.25, 0.3) is 0 Å². The summed E-state index contributed by atoms with van der Waals surface area (Å²) >= 11 is 0. The first-order valence-electron chi connectivity index (χ1n) is 8.58. The number of nitrogens with zero attached hydrogens (tertiary/aromatic N) is 1. The van der Waals surface area contributed by atoms with E-state index in [0.717, 1.165) is 24.9 Å². The summed E-state index contributed by atoms with van der Waals surface area (Å²) in [6.45, 7) is 2.04. The highest BCUT2D eigenvalue weighted by Crippen LogP contribution is 2.38. The fourth-order valence-corrected chi connectivity index (χ4v) is 4.41. The van der Waals surface area contributed by atoms with E-state index in [9.17, 15) is 9.90 Å². The van der Waals surface area contributed by atoms with Crippen LogP contribution in [0.4, 0.5) is 0 Å². The van der Waals surface area contributed by atoms with Gasteiger partial charge in [-0.3, -0.25) is 4.79 Å². The van der Waals surface area contributed by atoms with Crippen molar-refractivity contribution in [3.8, 4) is 5.75 Å². The number of phenols is 1. The van der Waals surface area contributed by atoms with Crippen LogP contribution < -0.4 is 5.32 Å². The standard InChI is InChI=1S/C18H24N2O3/c21-16-5-1-13(2-6-16)9-17(22)20-7-8-23-18(12-20)10-14-3-4-15(11-18)19-14/h1-2,5-6,14-15,19,21H,3-4,7-12H2/t14-,15+,18?. The zero-order chi connectivity index (χ0) is 15.9. The summed E-state index contributed by atoms with van der Waals surface area (Å²) in [6.07, 6.45) is 4.90. The molecular formula is C18H24N2O3. The van der Waals surface area contributed by atoms with Crippen LogP contribution in [-0.2, 0) is 16.0 Å². The van der Waals surface area contributed by atoms with Crippen molar-refractivity contribution in [3.05, 3.63) is 29.8 Å². The summed E-state index contributed by atoms with van der Waals surface area (Å²) in [5, 5.41) is 13.0. The molecule has 1 unspecified atom stereocenters. The van der Waals surface area contributed by atoms with E-state index in [1.165, 1.54) is 12.8 Å². The fraction of sp³-hybridized carbons (Fsp3) is 0.611. The topological polar surface area (TPSA) is 61.8 Å². The number of amides is 1. The Bertz CT molecular complexity index is 574. The highest BCUT2D eigenvalue weighted by atomic mass is 16.5. The molecule has 0 saturated carbocycles. The van der Waals surface area contributed by atoms with E-state index in [1.54, 1.807) is 12.1 Å². The lowest BCUT2D eigenvalue weighted by Crippen LogP contribution is -2.60. The second-order valence-corrected chi connectivity index (χ2v) is 7.24. The Labute approximate surface area is 136 Å². The molecule has 3 atom stereocenters. The first-order chi connectivity index (χ1) is 11.1.